The van der Waals surface area contributed by atoms with Gasteiger partial charge in [0.15, 0.2) is 29.3 Å². The van der Waals surface area contributed by atoms with Gasteiger partial charge < -0.3 is 13.3 Å². The lowest BCUT2D eigenvalue weighted by Crippen LogP contribution is -2.37. The molecule has 92 valence electrons. The molecule has 0 aliphatic heterocycles. The minimum Gasteiger partial charge on any atom is -0.424 e. The van der Waals surface area contributed by atoms with Gasteiger partial charge in [-0.15, -0.1) is 0 Å². The third-order valence-electron chi connectivity index (χ3n) is 2.59. The van der Waals surface area contributed by atoms with E-state index in [0.29, 0.717) is 4.28 Å². The molecule has 0 heterocycles. The molecule has 15 heavy (non-hydrogen) atoms. The molecule has 0 radical (unpaired) electrons. The molecule has 0 amide bonds. The molecule has 0 fully saturated rings. The molecule has 0 aromatic carbocycles. The van der Waals surface area contributed by atoms with Crippen LogP contribution in [0, 0.1) is 0 Å². The molecule has 0 unspecified atom stereocenters. The van der Waals surface area contributed by atoms with Gasteiger partial charge in [-0.1, -0.05) is 13.3 Å². The van der Waals surface area contributed by atoms with Crippen molar-refractivity contribution in [2.45, 2.75) is 38.4 Å². The van der Waals surface area contributed by atoms with Gasteiger partial charge in [0.25, 0.3) is 0 Å². The van der Waals surface area contributed by atoms with E-state index in [1.54, 1.807) is 0 Å². The van der Waals surface area contributed by atoms with Crippen molar-refractivity contribution in [2.75, 3.05) is 19.8 Å². The first-order valence-electron chi connectivity index (χ1n) is 5.97. The maximum atomic E-state index is 5.73. The fourth-order valence-electron chi connectivity index (χ4n) is 1.39. The van der Waals surface area contributed by atoms with Crippen molar-refractivity contribution in [3.63, 3.8) is 0 Å². The van der Waals surface area contributed by atoms with Crippen LogP contribution in [0.15, 0.2) is 0 Å². The molecule has 6 heteroatoms. The number of hydrogen-bond donors (Lipinski definition) is 0. The first kappa shape index (κ1) is 15.5. The van der Waals surface area contributed by atoms with E-state index in [0.717, 1.165) is 19.8 Å². The molecular formula is C9H26O3Si3. The summed E-state index contributed by atoms with van der Waals surface area (Å²) in [6.45, 7) is 11.1. The van der Waals surface area contributed by atoms with Crippen molar-refractivity contribution in [1.29, 1.82) is 0 Å². The molecule has 0 aliphatic carbocycles. The highest BCUT2D eigenvalue weighted by molar-refractivity contribution is 6.74. The molecule has 0 atom stereocenters. The lowest BCUT2D eigenvalue weighted by molar-refractivity contribution is 0.316. The van der Waals surface area contributed by atoms with Crippen molar-refractivity contribution >= 4 is 29.3 Å². The van der Waals surface area contributed by atoms with Crippen LogP contribution < -0.4 is 0 Å². The standard InChI is InChI=1S/C9H26O3Si3/c1-5-9(13-10-6-2,14-11-7-3)15-12-8-4/h5-8,13-15H2,1-4H3. The van der Waals surface area contributed by atoms with Crippen molar-refractivity contribution in [2.24, 2.45) is 0 Å². The highest BCUT2D eigenvalue weighted by atomic mass is 28.4. The Hall–Kier alpha value is 0.531. The van der Waals surface area contributed by atoms with Crippen molar-refractivity contribution < 1.29 is 13.3 Å². The van der Waals surface area contributed by atoms with Gasteiger partial charge in [-0.05, 0) is 20.8 Å². The zero-order chi connectivity index (χ0) is 11.6. The van der Waals surface area contributed by atoms with Gasteiger partial charge in [-0.25, -0.2) is 0 Å². The summed E-state index contributed by atoms with van der Waals surface area (Å²) in [6, 6.07) is 0. The van der Waals surface area contributed by atoms with Crippen LogP contribution in [0.25, 0.3) is 0 Å². The molecule has 3 nitrogen and oxygen atoms in total. The lowest BCUT2D eigenvalue weighted by atomic mass is 10.6. The summed E-state index contributed by atoms with van der Waals surface area (Å²) < 4.78 is 17.6. The van der Waals surface area contributed by atoms with Gasteiger partial charge in [0.05, 0.1) is 0 Å². The SMILES string of the molecule is CCO[SiH2]C(CC)([SiH2]OCC)[SiH2]OCC. The summed E-state index contributed by atoms with van der Waals surface area (Å²) in [5.41, 5.74) is 0. The topological polar surface area (TPSA) is 27.7 Å². The average Bonchev–Trinajstić information content (AvgIpc) is 2.29. The molecule has 0 N–H and O–H groups in total. The monoisotopic (exact) mass is 266 g/mol. The molecule has 0 aromatic rings. The van der Waals surface area contributed by atoms with Crippen LogP contribution in [-0.2, 0) is 13.3 Å². The normalized spacial score (nSPS) is 17.6. The molecule has 0 saturated heterocycles. The predicted octanol–water partition coefficient (Wildman–Crippen LogP) is -0.169. The van der Waals surface area contributed by atoms with E-state index in [9.17, 15) is 0 Å². The Morgan fingerprint density at radius 3 is 1.27 bits per heavy atom. The molecule has 0 saturated carbocycles. The summed E-state index contributed by atoms with van der Waals surface area (Å²) in [5.74, 6) is 0. The Kier molecular flexibility index (Phi) is 10.1. The number of rotatable bonds is 10. The second kappa shape index (κ2) is 9.74. The number of hydrogen-bond acceptors (Lipinski definition) is 3. The summed E-state index contributed by atoms with van der Waals surface area (Å²) in [5, 5.41) is 0. The Morgan fingerprint density at radius 2 is 1.07 bits per heavy atom. The van der Waals surface area contributed by atoms with Crippen LogP contribution in [0.2, 0.25) is 4.28 Å². The van der Waals surface area contributed by atoms with Gasteiger partial charge in [0, 0.05) is 24.1 Å². The Balaban J connectivity index is 4.16. The van der Waals surface area contributed by atoms with Crippen LogP contribution >= 0.6 is 0 Å². The molecule has 0 aliphatic rings. The van der Waals surface area contributed by atoms with E-state index in [4.69, 9.17) is 13.3 Å². The van der Waals surface area contributed by atoms with Gasteiger partial charge in [0.2, 0.25) is 0 Å². The second-order valence-corrected chi connectivity index (χ2v) is 13.4. The van der Waals surface area contributed by atoms with Crippen LogP contribution in [0.1, 0.15) is 34.1 Å². The second-order valence-electron chi connectivity index (χ2n) is 3.76. The Bertz CT molecular complexity index is 125. The quantitative estimate of drug-likeness (QED) is 0.514. The van der Waals surface area contributed by atoms with Crippen LogP contribution in [0.5, 0.6) is 0 Å². The van der Waals surface area contributed by atoms with E-state index >= 15 is 0 Å². The van der Waals surface area contributed by atoms with Gasteiger partial charge in [-0.3, -0.25) is 0 Å². The van der Waals surface area contributed by atoms with Gasteiger partial charge >= 0.3 is 0 Å². The molecule has 0 spiro atoms. The molecule has 0 aromatic heterocycles. The first-order valence-corrected chi connectivity index (χ1v) is 9.83. The summed E-state index contributed by atoms with van der Waals surface area (Å²) in [6.07, 6.45) is 1.21. The zero-order valence-corrected chi connectivity index (χ0v) is 14.9. The lowest BCUT2D eigenvalue weighted by Gasteiger charge is -2.29. The third-order valence-corrected chi connectivity index (χ3v) is 11.4. The zero-order valence-electron chi connectivity index (χ0n) is 10.7. The van der Waals surface area contributed by atoms with Gasteiger partial charge in [0.1, 0.15) is 0 Å². The maximum Gasteiger partial charge on any atom is 0.165 e. The highest BCUT2D eigenvalue weighted by Gasteiger charge is 2.31. The minimum atomic E-state index is -0.449. The van der Waals surface area contributed by atoms with Crippen molar-refractivity contribution in [3.05, 3.63) is 0 Å². The maximum absolute atomic E-state index is 5.73. The van der Waals surface area contributed by atoms with Crippen molar-refractivity contribution in [1.82, 2.24) is 0 Å². The van der Waals surface area contributed by atoms with Crippen LogP contribution in [-0.4, -0.2) is 49.1 Å². The summed E-state index contributed by atoms with van der Waals surface area (Å²) in [7, 11) is -1.35. The Morgan fingerprint density at radius 1 is 0.733 bits per heavy atom. The van der Waals surface area contributed by atoms with E-state index in [2.05, 4.69) is 27.7 Å². The van der Waals surface area contributed by atoms with Crippen molar-refractivity contribution in [3.8, 4) is 0 Å². The van der Waals surface area contributed by atoms with E-state index < -0.39 is 29.3 Å². The highest BCUT2D eigenvalue weighted by Crippen LogP contribution is 2.26. The molecule has 0 rings (SSSR count). The average molecular weight is 267 g/mol. The van der Waals surface area contributed by atoms with Gasteiger partial charge in [-0.2, -0.15) is 0 Å². The van der Waals surface area contributed by atoms with E-state index in [1.165, 1.54) is 6.42 Å². The largest absolute Gasteiger partial charge is 0.424 e. The summed E-state index contributed by atoms with van der Waals surface area (Å²) in [4.78, 5) is 0. The Labute approximate surface area is 101 Å². The van der Waals surface area contributed by atoms with Crippen LogP contribution in [0.4, 0.5) is 0 Å². The van der Waals surface area contributed by atoms with Crippen LogP contribution in [0.3, 0.4) is 0 Å². The molecule has 0 bridgehead atoms. The third kappa shape index (κ3) is 6.64. The first-order chi connectivity index (χ1) is 7.24. The smallest absolute Gasteiger partial charge is 0.165 e. The minimum absolute atomic E-state index is 0.446. The van der Waals surface area contributed by atoms with E-state index in [1.807, 2.05) is 0 Å². The molecular weight excluding hydrogens is 240 g/mol. The predicted molar refractivity (Wildman–Crippen MR) is 73.5 cm³/mol. The fraction of sp³-hybridized carbons (Fsp3) is 1.00. The van der Waals surface area contributed by atoms with E-state index in [-0.39, 0.29) is 0 Å². The summed E-state index contributed by atoms with van der Waals surface area (Å²) >= 11 is 0. The fourth-order valence-corrected chi connectivity index (χ4v) is 7.51.